The van der Waals surface area contributed by atoms with Crippen LogP contribution in [0.15, 0.2) is 37.0 Å². The zero-order valence-corrected chi connectivity index (χ0v) is 19.0. The maximum absolute atomic E-state index is 12.3. The van der Waals surface area contributed by atoms with Crippen molar-refractivity contribution in [2.75, 3.05) is 18.6 Å². The molecule has 0 radical (unpaired) electrons. The molecule has 0 aliphatic carbocycles. The van der Waals surface area contributed by atoms with Crippen LogP contribution in [0.25, 0.3) is 0 Å². The maximum Gasteiger partial charge on any atom is 0.407 e. The Kier molecular flexibility index (Phi) is 5.86. The maximum atomic E-state index is 12.3. The van der Waals surface area contributed by atoms with Crippen LogP contribution in [-0.4, -0.2) is 35.2 Å². The lowest BCUT2D eigenvalue weighted by Gasteiger charge is -2.12. The standard InChI is InChI=1S/C19H20Br2N6O4/c1-4-30-19(29)23-9-12(8-22)25-24-11-5-14(20)17(15(21)6-11)31-16-7-13(10(2)3)18(28)27-26-16/h5-7,10,24H,4,9H2,1-3H3,(H,23,29)(H,27,28)/i2D3,3D3,7D. The molecular weight excluding hydrogens is 536 g/mol. The van der Waals surface area contributed by atoms with E-state index < -0.39 is 48.8 Å². The van der Waals surface area contributed by atoms with Crippen molar-refractivity contribution in [3.8, 4) is 17.7 Å². The number of rotatable bonds is 8. The smallest absolute Gasteiger partial charge is 0.407 e. The van der Waals surface area contributed by atoms with Crippen LogP contribution in [0.4, 0.5) is 10.5 Å². The summed E-state index contributed by atoms with van der Waals surface area (Å²) in [6, 6.07) is 3.97. The van der Waals surface area contributed by atoms with Gasteiger partial charge in [-0.2, -0.15) is 10.4 Å². The van der Waals surface area contributed by atoms with Crippen molar-refractivity contribution in [2.24, 2.45) is 5.10 Å². The van der Waals surface area contributed by atoms with Crippen LogP contribution in [0, 0.1) is 11.3 Å². The van der Waals surface area contributed by atoms with E-state index in [4.69, 9.17) is 19.1 Å². The number of amides is 1. The summed E-state index contributed by atoms with van der Waals surface area (Å²) in [7, 11) is 0. The van der Waals surface area contributed by atoms with Crippen molar-refractivity contribution in [1.82, 2.24) is 15.5 Å². The molecule has 0 saturated heterocycles. The van der Waals surface area contributed by atoms with Gasteiger partial charge in [0.25, 0.3) is 5.56 Å². The van der Waals surface area contributed by atoms with Gasteiger partial charge in [0.15, 0.2) is 11.5 Å². The molecule has 0 fully saturated rings. The molecule has 1 aromatic heterocycles. The molecule has 0 aliphatic rings. The third-order valence-corrected chi connectivity index (χ3v) is 4.53. The highest BCUT2D eigenvalue weighted by Gasteiger charge is 2.14. The summed E-state index contributed by atoms with van der Waals surface area (Å²) in [6.45, 7) is -4.63. The minimum absolute atomic E-state index is 0.0438. The first-order valence-electron chi connectivity index (χ1n) is 12.0. The number of nitrogens with one attached hydrogen (secondary N) is 3. The number of halogens is 2. The third kappa shape index (κ3) is 7.08. The Balaban J connectivity index is 2.36. The minimum atomic E-state index is -3.12. The van der Waals surface area contributed by atoms with Gasteiger partial charge in [0.2, 0.25) is 5.88 Å². The molecule has 10 nitrogen and oxygen atoms in total. The van der Waals surface area contributed by atoms with Crippen LogP contribution >= 0.6 is 31.9 Å². The minimum Gasteiger partial charge on any atom is -0.450 e. The second-order valence-electron chi connectivity index (χ2n) is 5.56. The number of hydrogen-bond donors (Lipinski definition) is 3. The number of nitriles is 1. The number of nitrogens with zero attached hydrogens (tertiary/aromatic N) is 3. The van der Waals surface area contributed by atoms with Crippen molar-refractivity contribution in [1.29, 1.82) is 5.26 Å². The zero-order valence-electron chi connectivity index (χ0n) is 22.9. The van der Waals surface area contributed by atoms with Crippen LogP contribution in [0.1, 0.15) is 41.7 Å². The average Bonchev–Trinajstić information content (AvgIpc) is 2.78. The summed E-state index contributed by atoms with van der Waals surface area (Å²) in [4.78, 5) is 23.7. The molecule has 0 aliphatic heterocycles. The number of anilines is 1. The number of hydrogen-bond acceptors (Lipinski definition) is 8. The number of alkyl carbamates (subject to hydrolysis) is 1. The summed E-state index contributed by atoms with van der Waals surface area (Å²) in [5.41, 5.74) is 0.975. The lowest BCUT2D eigenvalue weighted by molar-refractivity contribution is 0.153. The second-order valence-corrected chi connectivity index (χ2v) is 7.27. The van der Waals surface area contributed by atoms with Gasteiger partial charge in [0.1, 0.15) is 6.07 Å². The summed E-state index contributed by atoms with van der Waals surface area (Å²) in [5.74, 6) is -2.75. The van der Waals surface area contributed by atoms with E-state index in [9.17, 15) is 14.9 Å². The molecule has 1 heterocycles. The van der Waals surface area contributed by atoms with E-state index >= 15 is 0 Å². The van der Waals surface area contributed by atoms with Crippen LogP contribution in [-0.2, 0) is 4.74 Å². The van der Waals surface area contributed by atoms with Crippen molar-refractivity contribution in [2.45, 2.75) is 26.5 Å². The number of aromatic nitrogens is 2. The quantitative estimate of drug-likeness (QED) is 0.322. The normalized spacial score (nSPS) is 15.2. The van der Waals surface area contributed by atoms with Crippen molar-refractivity contribution in [3.05, 3.63) is 43.0 Å². The molecule has 2 rings (SSSR count). The van der Waals surface area contributed by atoms with Gasteiger partial charge in [-0.05, 0) is 56.8 Å². The molecule has 0 unspecified atom stereocenters. The molecule has 164 valence electrons. The van der Waals surface area contributed by atoms with Crippen LogP contribution in [0.5, 0.6) is 11.6 Å². The number of hydrazone groups is 1. The first-order valence-corrected chi connectivity index (χ1v) is 10.1. The zero-order chi connectivity index (χ0) is 28.8. The predicted octanol–water partition coefficient (Wildman–Crippen LogP) is 4.25. The molecule has 0 atom stereocenters. The summed E-state index contributed by atoms with van der Waals surface area (Å²) in [5, 5.41) is 21.1. The largest absolute Gasteiger partial charge is 0.450 e. The molecule has 1 amide bonds. The fraction of sp³-hybridized carbons (Fsp3) is 0.316. The predicted molar refractivity (Wildman–Crippen MR) is 123 cm³/mol. The molecule has 12 heteroatoms. The Labute approximate surface area is 205 Å². The number of H-pyrrole nitrogens is 1. The molecule has 3 N–H and O–H groups in total. The second kappa shape index (κ2) is 11.5. The number of ether oxygens (including phenoxy) is 2. The average molecular weight is 563 g/mol. The van der Waals surface area contributed by atoms with Crippen LogP contribution in [0.2, 0.25) is 0 Å². The molecule has 31 heavy (non-hydrogen) atoms. The molecule has 1 aromatic carbocycles. The van der Waals surface area contributed by atoms with E-state index in [1.807, 2.05) is 11.2 Å². The Morgan fingerprint density at radius 1 is 1.45 bits per heavy atom. The van der Waals surface area contributed by atoms with E-state index in [2.05, 4.69) is 52.8 Å². The Hall–Kier alpha value is -2.91. The van der Waals surface area contributed by atoms with Crippen LogP contribution in [0.3, 0.4) is 0 Å². The SMILES string of the molecule is [2H]c1c(Oc2c(Br)cc(NN=C(C#N)CNC(=O)OCC)cc2Br)n[nH]c(=O)c1C(C([2H])([2H])[2H])C([2H])([2H])[2H]. The Morgan fingerprint density at radius 2 is 2.16 bits per heavy atom. The van der Waals surface area contributed by atoms with Gasteiger partial charge in [-0.1, -0.05) is 13.7 Å². The van der Waals surface area contributed by atoms with Gasteiger partial charge in [-0.25, -0.2) is 9.89 Å². The van der Waals surface area contributed by atoms with Gasteiger partial charge in [-0.15, -0.1) is 5.10 Å². The molecular formula is C19H20Br2N6O4. The van der Waals surface area contributed by atoms with Crippen molar-refractivity contribution >= 4 is 49.4 Å². The fourth-order valence-electron chi connectivity index (χ4n) is 2.01. The Bertz CT molecular complexity index is 1290. The fourth-order valence-corrected chi connectivity index (χ4v) is 3.35. The number of carbonyl (C=O) groups is 1. The highest BCUT2D eigenvalue weighted by Crippen LogP contribution is 2.38. The molecule has 0 spiro atoms. The lowest BCUT2D eigenvalue weighted by atomic mass is 10.1. The molecule has 0 saturated carbocycles. The number of benzene rings is 1. The van der Waals surface area contributed by atoms with Gasteiger partial charge in [-0.3, -0.25) is 10.2 Å². The molecule has 2 aromatic rings. The van der Waals surface area contributed by atoms with Crippen LogP contribution < -0.4 is 21.0 Å². The topological polar surface area (TPSA) is 141 Å². The van der Waals surface area contributed by atoms with E-state index in [0.717, 1.165) is 0 Å². The first kappa shape index (κ1) is 15.8. The van der Waals surface area contributed by atoms with E-state index in [1.54, 1.807) is 6.92 Å². The van der Waals surface area contributed by atoms with E-state index in [1.165, 1.54) is 12.1 Å². The lowest BCUT2D eigenvalue weighted by Crippen LogP contribution is -2.29. The van der Waals surface area contributed by atoms with Crippen molar-refractivity contribution < 1.29 is 23.9 Å². The summed E-state index contributed by atoms with van der Waals surface area (Å²) in [6.07, 6.45) is -0.709. The van der Waals surface area contributed by atoms with E-state index in [-0.39, 0.29) is 33.6 Å². The van der Waals surface area contributed by atoms with Crippen molar-refractivity contribution in [3.63, 3.8) is 0 Å². The molecule has 0 bridgehead atoms. The van der Waals surface area contributed by atoms with Gasteiger partial charge in [0.05, 0.1) is 29.2 Å². The summed E-state index contributed by atoms with van der Waals surface area (Å²) >= 11 is 6.55. The van der Waals surface area contributed by atoms with Gasteiger partial charge < -0.3 is 14.8 Å². The number of aromatic amines is 1. The highest BCUT2D eigenvalue weighted by molar-refractivity contribution is 9.11. The monoisotopic (exact) mass is 561 g/mol. The van der Waals surface area contributed by atoms with Gasteiger partial charge >= 0.3 is 6.09 Å². The van der Waals surface area contributed by atoms with Gasteiger partial charge in [0, 0.05) is 19.8 Å². The first-order chi connectivity index (χ1) is 17.6. The summed E-state index contributed by atoms with van der Waals surface area (Å²) < 4.78 is 64.8. The Morgan fingerprint density at radius 3 is 2.77 bits per heavy atom. The third-order valence-electron chi connectivity index (χ3n) is 3.36. The van der Waals surface area contributed by atoms with E-state index in [0.29, 0.717) is 5.69 Å². The number of carbonyl (C=O) groups excluding carboxylic acids is 1. The highest BCUT2D eigenvalue weighted by atomic mass is 79.9.